The van der Waals surface area contributed by atoms with E-state index < -0.39 is 11.6 Å². The van der Waals surface area contributed by atoms with Crippen LogP contribution in [0.15, 0.2) is 91.0 Å². The summed E-state index contributed by atoms with van der Waals surface area (Å²) in [7, 11) is 4.58. The van der Waals surface area contributed by atoms with E-state index in [-0.39, 0.29) is 6.10 Å². The molecule has 194 valence electrons. The Kier molecular flexibility index (Phi) is 7.36. The van der Waals surface area contributed by atoms with E-state index in [1.807, 2.05) is 66.7 Å². The zero-order valence-corrected chi connectivity index (χ0v) is 21.8. The summed E-state index contributed by atoms with van der Waals surface area (Å²) in [5, 5.41) is 11.8. The van der Waals surface area contributed by atoms with E-state index in [0.717, 1.165) is 42.5 Å². The van der Waals surface area contributed by atoms with Crippen LogP contribution in [0.25, 0.3) is 0 Å². The number of benzene rings is 3. The number of esters is 1. The highest BCUT2D eigenvalue weighted by Gasteiger charge is 2.57. The van der Waals surface area contributed by atoms with E-state index in [2.05, 4.69) is 14.1 Å². The van der Waals surface area contributed by atoms with Crippen LogP contribution in [0.1, 0.15) is 36.8 Å². The molecule has 1 N–H and O–H groups in total. The van der Waals surface area contributed by atoms with Gasteiger partial charge in [-0.2, -0.15) is 0 Å². The predicted octanol–water partition coefficient (Wildman–Crippen LogP) is 5.18. The highest BCUT2D eigenvalue weighted by molar-refractivity contribution is 5.85. The average Bonchev–Trinajstić information content (AvgIpc) is 3.49. The Hall–Kier alpha value is -3.15. The second kappa shape index (κ2) is 10.7. The number of ether oxygens (including phenoxy) is 2. The Balaban J connectivity index is 1.27. The van der Waals surface area contributed by atoms with Crippen LogP contribution in [-0.4, -0.2) is 55.0 Å². The standard InChI is InChI=1S/C32H38NO4/c1-33(2,21-12-22-36-27-17-10-5-11-18-27)29-23-24-19-20-28(29)30(24)37-31(34)32(35,25-13-6-3-7-14-25)26-15-8-4-9-16-26/h3-11,13-18,24,28-30,35H,12,19-23H2,1-2H3/q+1. The topological polar surface area (TPSA) is 55.8 Å². The van der Waals surface area contributed by atoms with Crippen LogP contribution >= 0.6 is 0 Å². The number of hydrogen-bond acceptors (Lipinski definition) is 4. The van der Waals surface area contributed by atoms with E-state index in [9.17, 15) is 9.90 Å². The highest BCUT2D eigenvalue weighted by atomic mass is 16.6. The first-order valence-corrected chi connectivity index (χ1v) is 13.4. The van der Waals surface area contributed by atoms with Crippen molar-refractivity contribution in [2.45, 2.75) is 43.4 Å². The van der Waals surface area contributed by atoms with E-state index in [1.165, 1.54) is 0 Å². The van der Waals surface area contributed by atoms with Gasteiger partial charge in [0.15, 0.2) is 0 Å². The third-order valence-corrected chi connectivity index (χ3v) is 8.51. The van der Waals surface area contributed by atoms with Gasteiger partial charge < -0.3 is 19.1 Å². The third kappa shape index (κ3) is 5.16. The van der Waals surface area contributed by atoms with Crippen LogP contribution in [0.4, 0.5) is 0 Å². The molecule has 2 bridgehead atoms. The Morgan fingerprint density at radius 3 is 2.05 bits per heavy atom. The second-order valence-corrected chi connectivity index (χ2v) is 11.1. The Labute approximate surface area is 220 Å². The Bertz CT molecular complexity index is 1130. The van der Waals surface area contributed by atoms with Gasteiger partial charge in [0.25, 0.3) is 0 Å². The SMILES string of the molecule is C[N+](C)(CCCOc1ccccc1)C1CC2CCC1C2OC(=O)C(O)(c1ccccc1)c1ccccc1. The molecule has 3 aromatic rings. The van der Waals surface area contributed by atoms with Crippen molar-refractivity contribution in [1.29, 1.82) is 0 Å². The summed E-state index contributed by atoms with van der Waals surface area (Å²) in [5.74, 6) is 0.973. The lowest BCUT2D eigenvalue weighted by Gasteiger charge is -2.40. The number of para-hydroxylation sites is 1. The van der Waals surface area contributed by atoms with Gasteiger partial charge in [0.05, 0.1) is 33.3 Å². The van der Waals surface area contributed by atoms with Crippen molar-refractivity contribution in [1.82, 2.24) is 0 Å². The summed E-state index contributed by atoms with van der Waals surface area (Å²) in [5.41, 5.74) is -0.774. The molecule has 0 saturated heterocycles. The molecular weight excluding hydrogens is 462 g/mol. The van der Waals surface area contributed by atoms with Crippen LogP contribution in [0.2, 0.25) is 0 Å². The van der Waals surface area contributed by atoms with E-state index in [1.54, 1.807) is 24.3 Å². The Morgan fingerprint density at radius 1 is 0.892 bits per heavy atom. The Morgan fingerprint density at radius 2 is 1.46 bits per heavy atom. The molecule has 37 heavy (non-hydrogen) atoms. The fourth-order valence-electron chi connectivity index (χ4n) is 6.53. The molecule has 2 aliphatic carbocycles. The van der Waals surface area contributed by atoms with Gasteiger partial charge in [-0.05, 0) is 36.1 Å². The minimum Gasteiger partial charge on any atom is -0.493 e. The zero-order chi connectivity index (χ0) is 25.9. The normalized spacial score (nSPS) is 23.1. The summed E-state index contributed by atoms with van der Waals surface area (Å²) in [6.07, 6.45) is 3.98. The largest absolute Gasteiger partial charge is 0.493 e. The summed E-state index contributed by atoms with van der Waals surface area (Å²) < 4.78 is 13.1. The average molecular weight is 501 g/mol. The second-order valence-electron chi connectivity index (χ2n) is 11.1. The predicted molar refractivity (Wildman–Crippen MR) is 144 cm³/mol. The van der Waals surface area contributed by atoms with Crippen LogP contribution in [0.3, 0.4) is 0 Å². The van der Waals surface area contributed by atoms with E-state index in [0.29, 0.717) is 35.6 Å². The minimum absolute atomic E-state index is 0.158. The van der Waals surface area contributed by atoms with E-state index >= 15 is 0 Å². The first-order chi connectivity index (χ1) is 17.9. The smallest absolute Gasteiger partial charge is 0.347 e. The van der Waals surface area contributed by atoms with Gasteiger partial charge in [0.1, 0.15) is 11.9 Å². The summed E-state index contributed by atoms with van der Waals surface area (Å²) in [6, 6.07) is 28.7. The number of aliphatic hydroxyl groups is 1. The van der Waals surface area contributed by atoms with Crippen molar-refractivity contribution in [2.24, 2.45) is 11.8 Å². The van der Waals surface area contributed by atoms with Gasteiger partial charge in [-0.25, -0.2) is 4.79 Å². The fourth-order valence-corrected chi connectivity index (χ4v) is 6.53. The highest BCUT2D eigenvalue weighted by Crippen LogP contribution is 2.50. The van der Waals surface area contributed by atoms with Gasteiger partial charge in [0.2, 0.25) is 5.60 Å². The molecule has 0 radical (unpaired) electrons. The van der Waals surface area contributed by atoms with Crippen LogP contribution < -0.4 is 4.74 Å². The molecule has 0 heterocycles. The molecule has 5 rings (SSSR count). The molecule has 5 nitrogen and oxygen atoms in total. The first kappa shape index (κ1) is 25.5. The van der Waals surface area contributed by atoms with Gasteiger partial charge in [0, 0.05) is 24.7 Å². The van der Waals surface area contributed by atoms with Gasteiger partial charge >= 0.3 is 5.97 Å². The minimum atomic E-state index is -1.83. The van der Waals surface area contributed by atoms with Gasteiger partial charge in [-0.15, -0.1) is 0 Å². The molecular formula is C32H38NO4+. The lowest BCUT2D eigenvalue weighted by molar-refractivity contribution is -0.918. The number of nitrogens with zero attached hydrogens (tertiary/aromatic N) is 1. The molecule has 5 heteroatoms. The molecule has 3 aromatic carbocycles. The molecule has 2 saturated carbocycles. The molecule has 2 fully saturated rings. The van der Waals surface area contributed by atoms with E-state index in [4.69, 9.17) is 9.47 Å². The van der Waals surface area contributed by atoms with Crippen LogP contribution in [0, 0.1) is 11.8 Å². The molecule has 2 aliphatic rings. The molecule has 0 aromatic heterocycles. The quantitative estimate of drug-likeness (QED) is 0.237. The summed E-state index contributed by atoms with van der Waals surface area (Å²) in [4.78, 5) is 13.7. The summed E-state index contributed by atoms with van der Waals surface area (Å²) >= 11 is 0. The lowest BCUT2D eigenvalue weighted by Crippen LogP contribution is -2.53. The maximum atomic E-state index is 13.7. The number of rotatable bonds is 10. The third-order valence-electron chi connectivity index (χ3n) is 8.51. The van der Waals surface area contributed by atoms with Crippen LogP contribution in [0.5, 0.6) is 5.75 Å². The fraction of sp³-hybridized carbons (Fsp3) is 0.406. The molecule has 4 atom stereocenters. The number of carbonyl (C=O) groups excluding carboxylic acids is 1. The lowest BCUT2D eigenvalue weighted by atomic mass is 9.86. The number of hydrogen-bond donors (Lipinski definition) is 1. The number of quaternary nitrogens is 1. The zero-order valence-electron chi connectivity index (χ0n) is 21.8. The van der Waals surface area contributed by atoms with Crippen molar-refractivity contribution in [3.63, 3.8) is 0 Å². The van der Waals surface area contributed by atoms with Crippen molar-refractivity contribution < 1.29 is 23.9 Å². The molecule has 0 spiro atoms. The molecule has 4 unspecified atom stereocenters. The number of fused-ring (bicyclic) bond motifs is 2. The van der Waals surface area contributed by atoms with Gasteiger partial charge in [-0.1, -0.05) is 78.9 Å². The number of carbonyl (C=O) groups is 1. The van der Waals surface area contributed by atoms with Crippen molar-refractivity contribution in [3.05, 3.63) is 102 Å². The van der Waals surface area contributed by atoms with Gasteiger partial charge in [-0.3, -0.25) is 0 Å². The monoisotopic (exact) mass is 500 g/mol. The van der Waals surface area contributed by atoms with Crippen molar-refractivity contribution in [2.75, 3.05) is 27.2 Å². The molecule has 0 amide bonds. The first-order valence-electron chi connectivity index (χ1n) is 13.4. The summed E-state index contributed by atoms with van der Waals surface area (Å²) in [6.45, 7) is 1.69. The van der Waals surface area contributed by atoms with Crippen molar-refractivity contribution in [3.8, 4) is 5.75 Å². The molecule has 0 aliphatic heterocycles. The van der Waals surface area contributed by atoms with Crippen molar-refractivity contribution >= 4 is 5.97 Å². The van der Waals surface area contributed by atoms with Crippen LogP contribution in [-0.2, 0) is 15.1 Å². The maximum Gasteiger partial charge on any atom is 0.347 e. The maximum absolute atomic E-state index is 13.7.